The van der Waals surface area contributed by atoms with Crippen LogP contribution in [0.15, 0.2) is 36.4 Å². The summed E-state index contributed by atoms with van der Waals surface area (Å²) in [5.74, 6) is 5.67. The first-order valence-electron chi connectivity index (χ1n) is 3.57. The van der Waals surface area contributed by atoms with Crippen molar-refractivity contribution in [1.29, 1.82) is 0 Å². The molecular weight excluding hydrogens is 132 g/mol. The van der Waals surface area contributed by atoms with Gasteiger partial charge in [0.1, 0.15) is 0 Å². The minimum Gasteiger partial charge on any atom is -0.102 e. The van der Waals surface area contributed by atoms with Crippen molar-refractivity contribution in [2.45, 2.75) is 6.92 Å². The first-order chi connectivity index (χ1) is 5.43. The topological polar surface area (TPSA) is 0 Å². The van der Waals surface area contributed by atoms with Crippen LogP contribution in [-0.2, 0) is 0 Å². The molecule has 0 saturated heterocycles. The zero-order chi connectivity index (χ0) is 7.94. The van der Waals surface area contributed by atoms with Gasteiger partial charge in [-0.2, -0.15) is 0 Å². The third-order valence-corrected chi connectivity index (χ3v) is 1.30. The highest BCUT2D eigenvalue weighted by molar-refractivity contribution is 5.52. The van der Waals surface area contributed by atoms with E-state index in [1.165, 1.54) is 5.56 Å². The van der Waals surface area contributed by atoms with Crippen LogP contribution in [0.25, 0.3) is 6.08 Å². The molecule has 0 spiro atoms. The lowest BCUT2D eigenvalue weighted by Gasteiger charge is -1.86. The Bertz CT molecular complexity index is 283. The van der Waals surface area contributed by atoms with E-state index in [1.807, 2.05) is 49.4 Å². The van der Waals surface area contributed by atoms with Gasteiger partial charge in [0.15, 0.2) is 0 Å². The van der Waals surface area contributed by atoms with Crippen molar-refractivity contribution in [3.8, 4) is 11.8 Å². The molecule has 0 unspecified atom stereocenters. The fourth-order valence-corrected chi connectivity index (χ4v) is 0.785. The lowest BCUT2D eigenvalue weighted by atomic mass is 10.2. The van der Waals surface area contributed by atoms with E-state index in [9.17, 15) is 0 Å². The Hall–Kier alpha value is -1.48. The molecule has 0 heterocycles. The molecule has 0 aliphatic rings. The van der Waals surface area contributed by atoms with Crippen molar-refractivity contribution in [1.82, 2.24) is 0 Å². The van der Waals surface area contributed by atoms with E-state index in [0.29, 0.717) is 0 Å². The largest absolute Gasteiger partial charge is 0.102 e. The predicted octanol–water partition coefficient (Wildman–Crippen LogP) is 2.72. The molecule has 0 fully saturated rings. The molecule has 0 aromatic heterocycles. The van der Waals surface area contributed by atoms with Crippen LogP contribution in [0.5, 0.6) is 0 Å². The SMILES string of the molecule is CC#C/C=C/c1ccccc1. The molecule has 1 aromatic rings. The summed E-state index contributed by atoms with van der Waals surface area (Å²) >= 11 is 0. The summed E-state index contributed by atoms with van der Waals surface area (Å²) in [6, 6.07) is 10.1. The van der Waals surface area contributed by atoms with E-state index < -0.39 is 0 Å². The van der Waals surface area contributed by atoms with Crippen LogP contribution in [0.3, 0.4) is 0 Å². The summed E-state index contributed by atoms with van der Waals surface area (Å²) in [5, 5.41) is 0. The Morgan fingerprint density at radius 3 is 2.55 bits per heavy atom. The molecule has 0 nitrogen and oxygen atoms in total. The number of rotatable bonds is 1. The van der Waals surface area contributed by atoms with Gasteiger partial charge in [-0.1, -0.05) is 36.3 Å². The zero-order valence-electron chi connectivity index (χ0n) is 6.54. The first kappa shape index (κ1) is 7.63. The second-order valence-electron chi connectivity index (χ2n) is 2.14. The molecule has 1 rings (SSSR count). The van der Waals surface area contributed by atoms with Crippen LogP contribution < -0.4 is 0 Å². The van der Waals surface area contributed by atoms with E-state index in [2.05, 4.69) is 11.8 Å². The van der Waals surface area contributed by atoms with Gasteiger partial charge < -0.3 is 0 Å². The lowest BCUT2D eigenvalue weighted by molar-refractivity contribution is 1.66. The minimum atomic E-state index is 1.19. The Balaban J connectivity index is 2.69. The fourth-order valence-electron chi connectivity index (χ4n) is 0.785. The zero-order valence-corrected chi connectivity index (χ0v) is 6.54. The normalized spacial score (nSPS) is 9.18. The van der Waals surface area contributed by atoms with Crippen molar-refractivity contribution in [3.63, 3.8) is 0 Å². The second kappa shape index (κ2) is 4.35. The molecule has 0 saturated carbocycles. The highest BCUT2D eigenvalue weighted by Crippen LogP contribution is 1.99. The molecule has 0 N–H and O–H groups in total. The van der Waals surface area contributed by atoms with Crippen molar-refractivity contribution >= 4 is 6.08 Å². The average molecular weight is 142 g/mol. The van der Waals surface area contributed by atoms with Gasteiger partial charge in [0.05, 0.1) is 0 Å². The number of allylic oxidation sites excluding steroid dienone is 1. The van der Waals surface area contributed by atoms with E-state index >= 15 is 0 Å². The van der Waals surface area contributed by atoms with Crippen molar-refractivity contribution < 1.29 is 0 Å². The Morgan fingerprint density at radius 2 is 1.91 bits per heavy atom. The molecule has 0 amide bonds. The van der Waals surface area contributed by atoms with Gasteiger partial charge in [-0.05, 0) is 24.6 Å². The van der Waals surface area contributed by atoms with Crippen LogP contribution >= 0.6 is 0 Å². The Kier molecular flexibility index (Phi) is 3.02. The quantitative estimate of drug-likeness (QED) is 0.529. The molecule has 11 heavy (non-hydrogen) atoms. The first-order valence-corrected chi connectivity index (χ1v) is 3.57. The van der Waals surface area contributed by atoms with Crippen LogP contribution in [-0.4, -0.2) is 0 Å². The van der Waals surface area contributed by atoms with E-state index in [1.54, 1.807) is 0 Å². The monoisotopic (exact) mass is 142 g/mol. The predicted molar refractivity (Wildman–Crippen MR) is 48.9 cm³/mol. The fraction of sp³-hybridized carbons (Fsp3) is 0.0909. The molecule has 0 heteroatoms. The van der Waals surface area contributed by atoms with E-state index in [4.69, 9.17) is 0 Å². The van der Waals surface area contributed by atoms with E-state index in [-0.39, 0.29) is 0 Å². The van der Waals surface area contributed by atoms with Crippen molar-refractivity contribution in [2.24, 2.45) is 0 Å². The van der Waals surface area contributed by atoms with Crippen LogP contribution in [0.2, 0.25) is 0 Å². The van der Waals surface area contributed by atoms with Crippen LogP contribution in [0.4, 0.5) is 0 Å². The Morgan fingerprint density at radius 1 is 1.18 bits per heavy atom. The van der Waals surface area contributed by atoms with E-state index in [0.717, 1.165) is 0 Å². The van der Waals surface area contributed by atoms with Gasteiger partial charge in [-0.15, -0.1) is 5.92 Å². The molecule has 0 atom stereocenters. The van der Waals surface area contributed by atoms with Crippen LogP contribution in [0, 0.1) is 11.8 Å². The van der Waals surface area contributed by atoms with Crippen molar-refractivity contribution in [3.05, 3.63) is 42.0 Å². The van der Waals surface area contributed by atoms with Gasteiger partial charge >= 0.3 is 0 Å². The van der Waals surface area contributed by atoms with Gasteiger partial charge in [-0.3, -0.25) is 0 Å². The van der Waals surface area contributed by atoms with Gasteiger partial charge in [0.25, 0.3) is 0 Å². The molecule has 0 radical (unpaired) electrons. The molecule has 0 bridgehead atoms. The molecule has 0 aliphatic carbocycles. The molecule has 1 aromatic carbocycles. The maximum absolute atomic E-state index is 2.87. The average Bonchev–Trinajstić information content (AvgIpc) is 2.07. The molecule has 0 aliphatic heterocycles. The number of hydrogen-bond donors (Lipinski definition) is 0. The summed E-state index contributed by atoms with van der Waals surface area (Å²) in [7, 11) is 0. The van der Waals surface area contributed by atoms with Gasteiger partial charge in [0.2, 0.25) is 0 Å². The lowest BCUT2D eigenvalue weighted by Crippen LogP contribution is -1.66. The maximum atomic E-state index is 2.87. The smallest absolute Gasteiger partial charge is 0.00235 e. The Labute approximate surface area is 67.6 Å². The summed E-state index contributed by atoms with van der Waals surface area (Å²) in [6.45, 7) is 1.83. The van der Waals surface area contributed by atoms with Crippen molar-refractivity contribution in [2.75, 3.05) is 0 Å². The third-order valence-electron chi connectivity index (χ3n) is 1.30. The van der Waals surface area contributed by atoms with Gasteiger partial charge in [-0.25, -0.2) is 0 Å². The number of benzene rings is 1. The summed E-state index contributed by atoms with van der Waals surface area (Å²) in [6.07, 6.45) is 3.85. The minimum absolute atomic E-state index is 1.19. The second-order valence-corrected chi connectivity index (χ2v) is 2.14. The maximum Gasteiger partial charge on any atom is -0.00235 e. The highest BCUT2D eigenvalue weighted by Gasteiger charge is 1.78. The molecule has 54 valence electrons. The summed E-state index contributed by atoms with van der Waals surface area (Å²) in [5.41, 5.74) is 1.19. The van der Waals surface area contributed by atoms with Gasteiger partial charge in [0, 0.05) is 0 Å². The molecular formula is C11H10. The summed E-state index contributed by atoms with van der Waals surface area (Å²) < 4.78 is 0. The third kappa shape index (κ3) is 2.73. The van der Waals surface area contributed by atoms with Crippen LogP contribution in [0.1, 0.15) is 12.5 Å². The standard InChI is InChI=1S/C11H10/c1-2-3-5-8-11-9-6-4-7-10-11/h4-10H,1H3/b8-5+. The number of hydrogen-bond acceptors (Lipinski definition) is 0. The highest BCUT2D eigenvalue weighted by atomic mass is 13.8. The summed E-state index contributed by atoms with van der Waals surface area (Å²) in [4.78, 5) is 0.